The maximum absolute atomic E-state index is 12.1. The van der Waals surface area contributed by atoms with Crippen LogP contribution >= 0.6 is 35.6 Å². The Bertz CT molecular complexity index is 547. The molecule has 0 heterocycles. The molecule has 1 unspecified atom stereocenters. The highest BCUT2D eigenvalue weighted by Crippen LogP contribution is 2.33. The van der Waals surface area contributed by atoms with Crippen LogP contribution in [0.1, 0.15) is 12.8 Å². The fourth-order valence-electron chi connectivity index (χ4n) is 1.75. The van der Waals surface area contributed by atoms with E-state index in [1.54, 1.807) is 0 Å². The fourth-order valence-corrected chi connectivity index (χ4v) is 3.45. The van der Waals surface area contributed by atoms with Gasteiger partial charge in [-0.1, -0.05) is 23.2 Å². The Hall–Kier alpha value is -0.0400. The van der Waals surface area contributed by atoms with Gasteiger partial charge in [0.15, 0.2) is 0 Å². The molecule has 1 aliphatic rings. The van der Waals surface area contributed by atoms with Crippen molar-refractivity contribution in [3.05, 3.63) is 28.2 Å². The average molecular weight is 346 g/mol. The summed E-state index contributed by atoms with van der Waals surface area (Å²) in [7, 11) is -3.59. The molecule has 19 heavy (non-hydrogen) atoms. The van der Waals surface area contributed by atoms with Gasteiger partial charge in [0.2, 0.25) is 10.0 Å². The standard InChI is InChI=1S/C11H14Cl2N2O2S.ClH/c12-9-4-3-8(5-10(9)13)18(16,17)15-11(6-14)7-1-2-7;/h3-5,7,11,15H,1-2,6,14H2;1H. The lowest BCUT2D eigenvalue weighted by atomic mass is 10.2. The summed E-state index contributed by atoms with van der Waals surface area (Å²) in [5.74, 6) is 0.354. The predicted molar refractivity (Wildman–Crippen MR) is 79.6 cm³/mol. The molecule has 0 aliphatic heterocycles. The van der Waals surface area contributed by atoms with Gasteiger partial charge in [-0.2, -0.15) is 0 Å². The lowest BCUT2D eigenvalue weighted by Gasteiger charge is -2.16. The Morgan fingerprint density at radius 1 is 1.32 bits per heavy atom. The van der Waals surface area contributed by atoms with Gasteiger partial charge in [0.1, 0.15) is 0 Å². The average Bonchev–Trinajstić information content (AvgIpc) is 3.13. The number of halogens is 3. The van der Waals surface area contributed by atoms with Gasteiger partial charge < -0.3 is 5.73 Å². The minimum absolute atomic E-state index is 0. The molecule has 2 rings (SSSR count). The van der Waals surface area contributed by atoms with Gasteiger partial charge in [-0.25, -0.2) is 13.1 Å². The smallest absolute Gasteiger partial charge is 0.240 e. The van der Waals surface area contributed by atoms with Crippen LogP contribution in [0.5, 0.6) is 0 Å². The Labute approximate surface area is 129 Å². The van der Waals surface area contributed by atoms with Gasteiger partial charge in [0.25, 0.3) is 0 Å². The Kier molecular flexibility index (Phi) is 5.92. The Morgan fingerprint density at radius 2 is 1.95 bits per heavy atom. The highest BCUT2D eigenvalue weighted by atomic mass is 35.5. The Balaban J connectivity index is 0.00000180. The summed E-state index contributed by atoms with van der Waals surface area (Å²) in [6.45, 7) is 0.297. The summed E-state index contributed by atoms with van der Waals surface area (Å²) in [6.07, 6.45) is 2.04. The van der Waals surface area contributed by atoms with Crippen LogP contribution in [0.25, 0.3) is 0 Å². The van der Waals surface area contributed by atoms with Crippen molar-refractivity contribution in [2.24, 2.45) is 11.7 Å². The van der Waals surface area contributed by atoms with Gasteiger partial charge in [0.05, 0.1) is 14.9 Å². The first-order valence-electron chi connectivity index (χ1n) is 5.61. The highest BCUT2D eigenvalue weighted by molar-refractivity contribution is 7.89. The molecular formula is C11H15Cl3N2O2S. The quantitative estimate of drug-likeness (QED) is 0.861. The monoisotopic (exact) mass is 344 g/mol. The molecular weight excluding hydrogens is 331 g/mol. The van der Waals surface area contributed by atoms with Crippen LogP contribution in [0.15, 0.2) is 23.1 Å². The van der Waals surface area contributed by atoms with Gasteiger partial charge in [0, 0.05) is 12.6 Å². The van der Waals surface area contributed by atoms with E-state index < -0.39 is 10.0 Å². The topological polar surface area (TPSA) is 72.2 Å². The molecule has 4 nitrogen and oxygen atoms in total. The number of hydrogen-bond donors (Lipinski definition) is 2. The van der Waals surface area contributed by atoms with Crippen LogP contribution in [0.3, 0.4) is 0 Å². The van der Waals surface area contributed by atoms with Crippen molar-refractivity contribution in [3.63, 3.8) is 0 Å². The summed E-state index contributed by atoms with van der Waals surface area (Å²) in [4.78, 5) is 0.107. The molecule has 0 aromatic heterocycles. The van der Waals surface area contributed by atoms with Crippen molar-refractivity contribution < 1.29 is 8.42 Å². The molecule has 1 fully saturated rings. The van der Waals surface area contributed by atoms with Crippen molar-refractivity contribution in [2.45, 2.75) is 23.8 Å². The minimum atomic E-state index is -3.59. The number of sulfonamides is 1. The van der Waals surface area contributed by atoms with Gasteiger partial charge in [-0.05, 0) is 37.0 Å². The first-order chi connectivity index (χ1) is 8.44. The largest absolute Gasteiger partial charge is 0.329 e. The summed E-state index contributed by atoms with van der Waals surface area (Å²) < 4.78 is 26.9. The van der Waals surface area contributed by atoms with Crippen LogP contribution in [0.2, 0.25) is 10.0 Å². The molecule has 0 saturated heterocycles. The van der Waals surface area contributed by atoms with E-state index in [0.29, 0.717) is 17.5 Å². The zero-order chi connectivity index (χ0) is 13.3. The fraction of sp³-hybridized carbons (Fsp3) is 0.455. The number of rotatable bonds is 5. The molecule has 0 bridgehead atoms. The second kappa shape index (κ2) is 6.61. The number of nitrogens with two attached hydrogens (primary N) is 1. The van der Waals surface area contributed by atoms with E-state index in [0.717, 1.165) is 12.8 Å². The maximum atomic E-state index is 12.1. The molecule has 1 atom stereocenters. The molecule has 0 spiro atoms. The van der Waals surface area contributed by atoms with Crippen molar-refractivity contribution >= 4 is 45.6 Å². The lowest BCUT2D eigenvalue weighted by molar-refractivity contribution is 0.519. The van der Waals surface area contributed by atoms with E-state index in [-0.39, 0.29) is 28.4 Å². The normalized spacial score (nSPS) is 16.8. The molecule has 1 aliphatic carbocycles. The van der Waals surface area contributed by atoms with Crippen LogP contribution in [-0.2, 0) is 10.0 Å². The first-order valence-corrected chi connectivity index (χ1v) is 7.85. The SMILES string of the molecule is Cl.NCC(NS(=O)(=O)c1ccc(Cl)c(Cl)c1)C1CC1. The molecule has 108 valence electrons. The van der Waals surface area contributed by atoms with Gasteiger partial charge in [-0.15, -0.1) is 12.4 Å². The summed E-state index contributed by atoms with van der Waals surface area (Å²) in [5.41, 5.74) is 5.58. The van der Waals surface area contributed by atoms with E-state index in [4.69, 9.17) is 28.9 Å². The second-order valence-corrected chi connectivity index (χ2v) is 6.91. The third-order valence-electron chi connectivity index (χ3n) is 2.95. The molecule has 1 aromatic rings. The summed E-state index contributed by atoms with van der Waals surface area (Å²) in [5, 5.41) is 0.545. The predicted octanol–water partition coefficient (Wildman–Crippen LogP) is 2.43. The molecule has 3 N–H and O–H groups in total. The van der Waals surface area contributed by atoms with Gasteiger partial charge >= 0.3 is 0 Å². The maximum Gasteiger partial charge on any atom is 0.240 e. The number of benzene rings is 1. The Morgan fingerprint density at radius 3 is 2.42 bits per heavy atom. The van der Waals surface area contributed by atoms with Crippen LogP contribution in [0.4, 0.5) is 0 Å². The third kappa shape index (κ3) is 4.21. The minimum Gasteiger partial charge on any atom is -0.329 e. The van der Waals surface area contributed by atoms with E-state index in [9.17, 15) is 8.42 Å². The zero-order valence-electron chi connectivity index (χ0n) is 9.97. The summed E-state index contributed by atoms with van der Waals surface area (Å²) >= 11 is 11.6. The van der Waals surface area contributed by atoms with E-state index in [1.165, 1.54) is 18.2 Å². The second-order valence-electron chi connectivity index (χ2n) is 4.38. The van der Waals surface area contributed by atoms with Crippen LogP contribution in [-0.4, -0.2) is 21.0 Å². The van der Waals surface area contributed by atoms with E-state index >= 15 is 0 Å². The van der Waals surface area contributed by atoms with Crippen molar-refractivity contribution in [3.8, 4) is 0 Å². The van der Waals surface area contributed by atoms with Gasteiger partial charge in [-0.3, -0.25) is 0 Å². The summed E-state index contributed by atoms with van der Waals surface area (Å²) in [6, 6.07) is 4.03. The van der Waals surface area contributed by atoms with Crippen molar-refractivity contribution in [2.75, 3.05) is 6.54 Å². The highest BCUT2D eigenvalue weighted by Gasteiger charge is 2.33. The van der Waals surface area contributed by atoms with Crippen molar-refractivity contribution in [1.82, 2.24) is 4.72 Å². The van der Waals surface area contributed by atoms with Crippen LogP contribution < -0.4 is 10.5 Å². The first kappa shape index (κ1) is 17.0. The number of nitrogens with one attached hydrogen (secondary N) is 1. The molecule has 8 heteroatoms. The zero-order valence-corrected chi connectivity index (χ0v) is 13.1. The molecule has 0 radical (unpaired) electrons. The van der Waals surface area contributed by atoms with Crippen LogP contribution in [0, 0.1) is 5.92 Å². The lowest BCUT2D eigenvalue weighted by Crippen LogP contribution is -2.41. The van der Waals surface area contributed by atoms with Crippen molar-refractivity contribution in [1.29, 1.82) is 0 Å². The van der Waals surface area contributed by atoms with E-state index in [1.807, 2.05) is 0 Å². The molecule has 1 saturated carbocycles. The molecule has 0 amide bonds. The molecule has 1 aromatic carbocycles. The number of hydrogen-bond acceptors (Lipinski definition) is 3. The van der Waals surface area contributed by atoms with E-state index in [2.05, 4.69) is 4.72 Å². The third-order valence-corrected chi connectivity index (χ3v) is 5.18.